The molecule has 2 atom stereocenters. The van der Waals surface area contributed by atoms with Crippen molar-refractivity contribution in [2.75, 3.05) is 26.3 Å². The Kier molecular flexibility index (Phi) is 6.94. The highest BCUT2D eigenvalue weighted by Gasteiger charge is 2.29. The van der Waals surface area contributed by atoms with E-state index in [0.717, 1.165) is 0 Å². The van der Waals surface area contributed by atoms with Crippen LogP contribution in [-0.4, -0.2) is 68.1 Å². The Morgan fingerprint density at radius 2 is 2.00 bits per heavy atom. The Balaban J connectivity index is 2.62. The molecule has 0 aromatic carbocycles. The van der Waals surface area contributed by atoms with Gasteiger partial charge in [-0.3, -0.25) is 4.79 Å². The van der Waals surface area contributed by atoms with Crippen LogP contribution in [0, 0.1) is 0 Å². The molecule has 0 aromatic rings. The summed E-state index contributed by atoms with van der Waals surface area (Å²) in [5.74, 6) is -1.93. The lowest BCUT2D eigenvalue weighted by atomic mass is 10.2. The van der Waals surface area contributed by atoms with E-state index in [1.54, 1.807) is 0 Å². The van der Waals surface area contributed by atoms with Crippen molar-refractivity contribution in [1.82, 2.24) is 14.3 Å². The number of carboxylic acids is 1. The van der Waals surface area contributed by atoms with E-state index in [1.165, 1.54) is 17.3 Å². The van der Waals surface area contributed by atoms with Crippen LogP contribution in [0.3, 0.4) is 0 Å². The molecule has 0 spiro atoms. The molecule has 0 aromatic heterocycles. The van der Waals surface area contributed by atoms with Crippen LogP contribution in [0.1, 0.15) is 13.3 Å². The van der Waals surface area contributed by atoms with Gasteiger partial charge >= 0.3 is 5.97 Å². The second kappa shape index (κ2) is 8.22. The molecule has 0 unspecified atom stereocenters. The first-order valence-corrected chi connectivity index (χ1v) is 8.21. The highest BCUT2D eigenvalue weighted by Crippen LogP contribution is 2.04. The molecule has 1 aliphatic heterocycles. The Morgan fingerprint density at radius 3 is 2.50 bits per heavy atom. The predicted molar refractivity (Wildman–Crippen MR) is 78.3 cm³/mol. The second-order valence-electron chi connectivity index (χ2n) is 4.78. The van der Waals surface area contributed by atoms with Gasteiger partial charge in [0.05, 0.1) is 19.3 Å². The largest absolute Gasteiger partial charge is 0.480 e. The van der Waals surface area contributed by atoms with Gasteiger partial charge in [0.15, 0.2) is 0 Å². The molecule has 126 valence electrons. The van der Waals surface area contributed by atoms with E-state index < -0.39 is 34.2 Å². The lowest BCUT2D eigenvalue weighted by Crippen LogP contribution is -2.54. The van der Waals surface area contributed by atoms with Crippen molar-refractivity contribution in [2.24, 2.45) is 0 Å². The minimum atomic E-state index is -3.82. The van der Waals surface area contributed by atoms with Gasteiger partial charge in [-0.25, -0.2) is 4.79 Å². The topological polar surface area (TPSA) is 125 Å². The van der Waals surface area contributed by atoms with Gasteiger partial charge in [-0.1, -0.05) is 6.08 Å². The number of nitrogens with zero attached hydrogens (tertiary/aromatic N) is 1. The molecule has 0 saturated carbocycles. The summed E-state index contributed by atoms with van der Waals surface area (Å²) >= 11 is 0. The Labute approximate surface area is 129 Å². The molecule has 1 heterocycles. The standard InChI is InChI=1S/C12H21N3O6S/c1-3-4-10(12(17)18)13-11(16)9(2)14-22(19,20)15-5-7-21-8-6-15/h3,9-10,14H,1,4-8H2,2H3,(H,13,16)(H,17,18)/t9-,10+/m1/s1. The third kappa shape index (κ3) is 5.37. The van der Waals surface area contributed by atoms with Crippen molar-refractivity contribution in [1.29, 1.82) is 0 Å². The van der Waals surface area contributed by atoms with Crippen molar-refractivity contribution in [3.05, 3.63) is 12.7 Å². The first-order valence-electron chi connectivity index (χ1n) is 6.77. The Bertz CT molecular complexity index is 515. The average molecular weight is 335 g/mol. The molecular weight excluding hydrogens is 314 g/mol. The first kappa shape index (κ1) is 18.6. The van der Waals surface area contributed by atoms with E-state index in [-0.39, 0.29) is 19.5 Å². The Morgan fingerprint density at radius 1 is 1.41 bits per heavy atom. The van der Waals surface area contributed by atoms with Gasteiger partial charge in [0, 0.05) is 13.1 Å². The van der Waals surface area contributed by atoms with E-state index >= 15 is 0 Å². The third-order valence-electron chi connectivity index (χ3n) is 3.05. The van der Waals surface area contributed by atoms with Gasteiger partial charge in [0.2, 0.25) is 5.91 Å². The number of aliphatic carboxylic acids is 1. The maximum Gasteiger partial charge on any atom is 0.326 e. The second-order valence-corrected chi connectivity index (χ2v) is 6.48. The molecule has 0 radical (unpaired) electrons. The smallest absolute Gasteiger partial charge is 0.326 e. The number of carbonyl (C=O) groups excluding carboxylic acids is 1. The molecule has 10 heteroatoms. The van der Waals surface area contributed by atoms with Crippen LogP contribution in [0.4, 0.5) is 0 Å². The first-order chi connectivity index (χ1) is 10.3. The van der Waals surface area contributed by atoms with Crippen molar-refractivity contribution >= 4 is 22.1 Å². The average Bonchev–Trinajstić information content (AvgIpc) is 2.47. The van der Waals surface area contributed by atoms with E-state index in [4.69, 9.17) is 9.84 Å². The molecule has 1 aliphatic rings. The van der Waals surface area contributed by atoms with Crippen molar-refractivity contribution < 1.29 is 27.9 Å². The fourth-order valence-corrected chi connectivity index (χ4v) is 3.16. The molecule has 1 amide bonds. The molecule has 1 rings (SSSR count). The lowest BCUT2D eigenvalue weighted by molar-refractivity contribution is -0.141. The highest BCUT2D eigenvalue weighted by molar-refractivity contribution is 7.87. The van der Waals surface area contributed by atoms with Gasteiger partial charge < -0.3 is 15.2 Å². The molecule has 3 N–H and O–H groups in total. The predicted octanol–water partition coefficient (Wildman–Crippen LogP) is -1.31. The third-order valence-corrected chi connectivity index (χ3v) is 4.74. The monoisotopic (exact) mass is 335 g/mol. The SMILES string of the molecule is C=CC[C@H](NC(=O)[C@@H](C)NS(=O)(=O)N1CCOCC1)C(=O)O. The number of rotatable bonds is 8. The normalized spacial score (nSPS) is 19.1. The van der Waals surface area contributed by atoms with Crippen molar-refractivity contribution in [3.63, 3.8) is 0 Å². The summed E-state index contributed by atoms with van der Waals surface area (Å²) in [4.78, 5) is 22.9. The zero-order chi connectivity index (χ0) is 16.8. The van der Waals surface area contributed by atoms with Crippen LogP contribution in [0.5, 0.6) is 0 Å². The zero-order valence-corrected chi connectivity index (χ0v) is 13.1. The summed E-state index contributed by atoms with van der Waals surface area (Å²) in [6.45, 7) is 5.76. The van der Waals surface area contributed by atoms with Crippen LogP contribution in [0.15, 0.2) is 12.7 Å². The number of carbonyl (C=O) groups is 2. The summed E-state index contributed by atoms with van der Waals surface area (Å²) in [6.07, 6.45) is 1.41. The Hall–Kier alpha value is -1.49. The minimum absolute atomic E-state index is 0.0456. The number of nitrogens with one attached hydrogen (secondary N) is 2. The quantitative estimate of drug-likeness (QED) is 0.473. The van der Waals surface area contributed by atoms with Gasteiger partial charge in [0.25, 0.3) is 10.2 Å². The highest BCUT2D eigenvalue weighted by atomic mass is 32.2. The van der Waals surface area contributed by atoms with Crippen LogP contribution < -0.4 is 10.0 Å². The van der Waals surface area contributed by atoms with E-state index in [0.29, 0.717) is 13.2 Å². The molecule has 9 nitrogen and oxygen atoms in total. The molecule has 0 aliphatic carbocycles. The number of hydrogen-bond donors (Lipinski definition) is 3. The van der Waals surface area contributed by atoms with Crippen LogP contribution >= 0.6 is 0 Å². The molecular formula is C12H21N3O6S. The number of amides is 1. The van der Waals surface area contributed by atoms with Gasteiger partial charge in [-0.2, -0.15) is 17.4 Å². The number of ether oxygens (including phenoxy) is 1. The molecule has 0 bridgehead atoms. The summed E-state index contributed by atoms with van der Waals surface area (Å²) in [7, 11) is -3.82. The zero-order valence-electron chi connectivity index (χ0n) is 12.3. The van der Waals surface area contributed by atoms with Crippen LogP contribution in [0.2, 0.25) is 0 Å². The van der Waals surface area contributed by atoms with Gasteiger partial charge in [-0.05, 0) is 13.3 Å². The van der Waals surface area contributed by atoms with E-state index in [1.807, 2.05) is 0 Å². The van der Waals surface area contributed by atoms with Gasteiger partial charge in [-0.15, -0.1) is 6.58 Å². The fraction of sp³-hybridized carbons (Fsp3) is 0.667. The van der Waals surface area contributed by atoms with Crippen molar-refractivity contribution in [2.45, 2.75) is 25.4 Å². The number of morpholine rings is 1. The summed E-state index contributed by atoms with van der Waals surface area (Å²) in [5, 5.41) is 11.2. The molecule has 1 saturated heterocycles. The molecule has 22 heavy (non-hydrogen) atoms. The summed E-state index contributed by atoms with van der Waals surface area (Å²) in [5.41, 5.74) is 0. The molecule has 1 fully saturated rings. The van der Waals surface area contributed by atoms with Gasteiger partial charge in [0.1, 0.15) is 6.04 Å². The maximum absolute atomic E-state index is 12.1. The van der Waals surface area contributed by atoms with E-state index in [9.17, 15) is 18.0 Å². The van der Waals surface area contributed by atoms with Crippen LogP contribution in [-0.2, 0) is 24.5 Å². The maximum atomic E-state index is 12.1. The van der Waals surface area contributed by atoms with E-state index in [2.05, 4.69) is 16.6 Å². The van der Waals surface area contributed by atoms with Crippen molar-refractivity contribution in [3.8, 4) is 0 Å². The number of carboxylic acid groups (broad SMARTS) is 1. The lowest BCUT2D eigenvalue weighted by Gasteiger charge is -2.27. The summed E-state index contributed by atoms with van der Waals surface area (Å²) < 4.78 is 32.7. The fourth-order valence-electron chi connectivity index (χ4n) is 1.82. The van der Waals surface area contributed by atoms with Crippen LogP contribution in [0.25, 0.3) is 0 Å². The number of hydrogen-bond acceptors (Lipinski definition) is 5. The minimum Gasteiger partial charge on any atom is -0.480 e. The summed E-state index contributed by atoms with van der Waals surface area (Å²) in [6, 6.07) is -2.24.